The zero-order valence-electron chi connectivity index (χ0n) is 18.3. The summed E-state index contributed by atoms with van der Waals surface area (Å²) in [7, 11) is 1.65. The van der Waals surface area contributed by atoms with Crippen LogP contribution in [0.3, 0.4) is 0 Å². The van der Waals surface area contributed by atoms with Gasteiger partial charge < -0.3 is 20.9 Å². The number of aromatic nitrogens is 1. The number of nitrogens with one attached hydrogen (secondary N) is 2. The summed E-state index contributed by atoms with van der Waals surface area (Å²) < 4.78 is 15.1. The number of halogens is 1. The summed E-state index contributed by atoms with van der Waals surface area (Å²) in [5.41, 5.74) is 8.26. The van der Waals surface area contributed by atoms with Crippen molar-refractivity contribution >= 4 is 23.3 Å². The minimum Gasteiger partial charge on any atom is -0.346 e. The quantitative estimate of drug-likeness (QED) is 0.503. The van der Waals surface area contributed by atoms with Crippen molar-refractivity contribution in [3.63, 3.8) is 0 Å². The average molecular weight is 429 g/mol. The van der Waals surface area contributed by atoms with Gasteiger partial charge in [-0.2, -0.15) is 0 Å². The molecule has 3 rings (SSSR count). The molecule has 1 aromatic heterocycles. The van der Waals surface area contributed by atoms with Gasteiger partial charge in [0, 0.05) is 30.5 Å². The molecule has 1 heterocycles. The maximum atomic E-state index is 13.5. The minimum atomic E-state index is -0.676. The number of carbonyl (C=O) groups is 3. The maximum absolute atomic E-state index is 13.5. The molecule has 0 saturated heterocycles. The van der Waals surface area contributed by atoms with E-state index in [-0.39, 0.29) is 23.6 Å². The lowest BCUT2D eigenvalue weighted by atomic mass is 9.91. The maximum Gasteiger partial charge on any atom is 0.294 e. The molecule has 7 nitrogen and oxygen atoms in total. The highest BCUT2D eigenvalue weighted by atomic mass is 19.1. The number of anilines is 1. The summed E-state index contributed by atoms with van der Waals surface area (Å²) in [6, 6.07) is 4.38. The van der Waals surface area contributed by atoms with E-state index in [1.807, 2.05) is 0 Å². The molecule has 2 amide bonds. The number of amides is 2. The first kappa shape index (κ1) is 22.7. The van der Waals surface area contributed by atoms with Gasteiger partial charge in [-0.25, -0.2) is 4.39 Å². The Morgan fingerprint density at radius 1 is 1.10 bits per heavy atom. The number of nitrogens with zero attached hydrogens (tertiary/aromatic N) is 1. The van der Waals surface area contributed by atoms with Crippen molar-refractivity contribution < 1.29 is 18.8 Å². The van der Waals surface area contributed by atoms with Crippen LogP contribution in [0.1, 0.15) is 63.4 Å². The molecule has 0 bridgehead atoms. The standard InChI is InChI=1S/C23H29FN4O3/c1-12-11-17(9-10-18(12)24)27-22(30)19-13(2)20(28(4)14(19)3)21(29)23(31)26-16-7-5-15(25)6-8-16/h9-11,15-16H,5-8,25H2,1-4H3,(H,26,31)(H,27,30)/t15-,16-. The largest absolute Gasteiger partial charge is 0.346 e. The predicted molar refractivity (Wildman–Crippen MR) is 117 cm³/mol. The summed E-state index contributed by atoms with van der Waals surface area (Å²) in [5, 5.41) is 5.55. The second-order valence-electron chi connectivity index (χ2n) is 8.33. The van der Waals surface area contributed by atoms with Gasteiger partial charge >= 0.3 is 0 Å². The molecule has 166 valence electrons. The Hall–Kier alpha value is -3.00. The SMILES string of the molecule is Cc1cc(NC(=O)c2c(C)c(C(=O)C(=O)N[C@H]3CC[C@H](N)CC3)n(C)c2C)ccc1F. The first-order valence-electron chi connectivity index (χ1n) is 10.4. The van der Waals surface area contributed by atoms with Crippen LogP contribution < -0.4 is 16.4 Å². The van der Waals surface area contributed by atoms with Gasteiger partial charge in [-0.05, 0) is 75.8 Å². The molecule has 1 aromatic carbocycles. The van der Waals surface area contributed by atoms with E-state index >= 15 is 0 Å². The van der Waals surface area contributed by atoms with E-state index in [4.69, 9.17) is 5.73 Å². The Kier molecular flexibility index (Phi) is 6.59. The summed E-state index contributed by atoms with van der Waals surface area (Å²) in [6.07, 6.45) is 3.12. The normalized spacial score (nSPS) is 18.5. The molecule has 31 heavy (non-hydrogen) atoms. The third-order valence-corrected chi connectivity index (χ3v) is 6.10. The van der Waals surface area contributed by atoms with Gasteiger partial charge in [0.1, 0.15) is 5.82 Å². The molecule has 0 radical (unpaired) electrons. The smallest absolute Gasteiger partial charge is 0.294 e. The van der Waals surface area contributed by atoms with Gasteiger partial charge in [-0.3, -0.25) is 14.4 Å². The lowest BCUT2D eigenvalue weighted by molar-refractivity contribution is -0.117. The second-order valence-corrected chi connectivity index (χ2v) is 8.33. The number of benzene rings is 1. The number of rotatable bonds is 5. The molecule has 0 atom stereocenters. The average Bonchev–Trinajstić information content (AvgIpc) is 2.94. The van der Waals surface area contributed by atoms with E-state index in [0.29, 0.717) is 28.1 Å². The van der Waals surface area contributed by atoms with Crippen molar-refractivity contribution in [2.75, 3.05) is 5.32 Å². The van der Waals surface area contributed by atoms with E-state index in [9.17, 15) is 18.8 Å². The molecule has 2 aromatic rings. The number of hydrogen-bond acceptors (Lipinski definition) is 4. The lowest BCUT2D eigenvalue weighted by Crippen LogP contribution is -2.43. The van der Waals surface area contributed by atoms with Crippen molar-refractivity contribution in [3.05, 3.63) is 52.1 Å². The van der Waals surface area contributed by atoms with Crippen molar-refractivity contribution in [3.8, 4) is 0 Å². The van der Waals surface area contributed by atoms with Crippen LogP contribution in [-0.4, -0.2) is 34.2 Å². The molecule has 1 saturated carbocycles. The molecule has 0 unspecified atom stereocenters. The highest BCUT2D eigenvalue weighted by Crippen LogP contribution is 2.24. The number of aryl methyl sites for hydroxylation is 1. The summed E-state index contributed by atoms with van der Waals surface area (Å²) >= 11 is 0. The van der Waals surface area contributed by atoms with Crippen LogP contribution in [0.4, 0.5) is 10.1 Å². The highest BCUT2D eigenvalue weighted by molar-refractivity contribution is 6.43. The number of ketones is 1. The van der Waals surface area contributed by atoms with E-state index < -0.39 is 17.6 Å². The molecule has 1 aliphatic carbocycles. The van der Waals surface area contributed by atoms with E-state index in [1.54, 1.807) is 32.4 Å². The highest BCUT2D eigenvalue weighted by Gasteiger charge is 2.30. The predicted octanol–water partition coefficient (Wildman–Crippen LogP) is 2.91. The molecule has 1 aliphatic rings. The topological polar surface area (TPSA) is 106 Å². The van der Waals surface area contributed by atoms with E-state index in [1.165, 1.54) is 18.2 Å². The summed E-state index contributed by atoms with van der Waals surface area (Å²) in [6.45, 7) is 4.98. The van der Waals surface area contributed by atoms with Crippen molar-refractivity contribution in [2.45, 2.75) is 58.5 Å². The van der Waals surface area contributed by atoms with Gasteiger partial charge in [0.05, 0.1) is 11.3 Å². The van der Waals surface area contributed by atoms with Crippen LogP contribution in [0.2, 0.25) is 0 Å². The van der Waals surface area contributed by atoms with Gasteiger partial charge in [-0.1, -0.05) is 0 Å². The van der Waals surface area contributed by atoms with Gasteiger partial charge in [-0.15, -0.1) is 0 Å². The number of Topliss-reactive ketones (excluding diaryl/α,β-unsaturated/α-hetero) is 1. The zero-order valence-corrected chi connectivity index (χ0v) is 18.3. The molecule has 8 heteroatoms. The van der Waals surface area contributed by atoms with Crippen molar-refractivity contribution in [1.82, 2.24) is 9.88 Å². The third-order valence-electron chi connectivity index (χ3n) is 6.10. The van der Waals surface area contributed by atoms with Gasteiger partial charge in [0.25, 0.3) is 17.6 Å². The Morgan fingerprint density at radius 2 is 1.74 bits per heavy atom. The molecule has 4 N–H and O–H groups in total. The fourth-order valence-electron chi connectivity index (χ4n) is 4.17. The van der Waals surface area contributed by atoms with Crippen molar-refractivity contribution in [1.29, 1.82) is 0 Å². The molecule has 1 fully saturated rings. The van der Waals surface area contributed by atoms with Crippen LogP contribution in [0.5, 0.6) is 0 Å². The third kappa shape index (κ3) is 4.69. The van der Waals surface area contributed by atoms with Gasteiger partial charge in [0.15, 0.2) is 0 Å². The Labute approximate surface area is 181 Å². The number of carbonyl (C=O) groups excluding carboxylic acids is 3. The second kappa shape index (κ2) is 9.01. The Balaban J connectivity index is 1.80. The number of nitrogens with two attached hydrogens (primary N) is 1. The van der Waals surface area contributed by atoms with Crippen LogP contribution in [0.25, 0.3) is 0 Å². The molecular formula is C23H29FN4O3. The molecule has 0 spiro atoms. The lowest BCUT2D eigenvalue weighted by Gasteiger charge is -2.26. The monoisotopic (exact) mass is 428 g/mol. The Morgan fingerprint density at radius 3 is 2.35 bits per heavy atom. The fourth-order valence-corrected chi connectivity index (χ4v) is 4.17. The van der Waals surface area contributed by atoms with E-state index in [2.05, 4.69) is 10.6 Å². The molecule has 0 aliphatic heterocycles. The van der Waals surface area contributed by atoms with Crippen LogP contribution in [0.15, 0.2) is 18.2 Å². The minimum absolute atomic E-state index is 0.0672. The summed E-state index contributed by atoms with van der Waals surface area (Å²) in [5.74, 6) is -2.12. The van der Waals surface area contributed by atoms with Crippen LogP contribution in [0, 0.1) is 26.6 Å². The first-order valence-corrected chi connectivity index (χ1v) is 10.4. The zero-order chi connectivity index (χ0) is 22.9. The first-order chi connectivity index (χ1) is 14.6. The Bertz CT molecular complexity index is 1040. The van der Waals surface area contributed by atoms with Crippen LogP contribution >= 0.6 is 0 Å². The van der Waals surface area contributed by atoms with Crippen LogP contribution in [-0.2, 0) is 11.8 Å². The summed E-state index contributed by atoms with van der Waals surface area (Å²) in [4.78, 5) is 38.4. The van der Waals surface area contributed by atoms with Gasteiger partial charge in [0.2, 0.25) is 0 Å². The number of hydrogen-bond donors (Lipinski definition) is 3. The fraction of sp³-hybridized carbons (Fsp3) is 0.435. The van der Waals surface area contributed by atoms with Crippen molar-refractivity contribution in [2.24, 2.45) is 12.8 Å². The van der Waals surface area contributed by atoms with E-state index in [0.717, 1.165) is 25.7 Å². The molecular weight excluding hydrogens is 399 g/mol.